The molecule has 2 aliphatic carbocycles. The van der Waals surface area contributed by atoms with E-state index in [2.05, 4.69) is 27.1 Å². The molecular weight excluding hydrogens is 340 g/mol. The summed E-state index contributed by atoms with van der Waals surface area (Å²) in [6.45, 7) is 0.550. The molecule has 7 nitrogen and oxygen atoms in total. The topological polar surface area (TPSA) is 83.0 Å². The molecule has 0 aromatic rings. The van der Waals surface area contributed by atoms with Crippen LogP contribution < -0.4 is 10.0 Å². The Morgan fingerprint density at radius 3 is 2.48 bits per heavy atom. The van der Waals surface area contributed by atoms with Crippen LogP contribution in [0.15, 0.2) is 5.16 Å². The molecule has 3 aliphatic rings. The van der Waals surface area contributed by atoms with Crippen LogP contribution >= 0.6 is 0 Å². The summed E-state index contributed by atoms with van der Waals surface area (Å²) in [6, 6.07) is 0.449. The number of sulfonamides is 1. The molecule has 2 fully saturated rings. The molecule has 1 heterocycles. The molecule has 3 rings (SSSR count). The van der Waals surface area contributed by atoms with Gasteiger partial charge >= 0.3 is 0 Å². The lowest BCUT2D eigenvalue weighted by Gasteiger charge is -2.32. The largest absolute Gasteiger partial charge is 0.352 e. The van der Waals surface area contributed by atoms with Crippen molar-refractivity contribution in [2.24, 2.45) is 17.0 Å². The Bertz CT molecular complexity index is 566. The number of hydrogen-bond acceptors (Lipinski definition) is 6. The Morgan fingerprint density at radius 2 is 1.84 bits per heavy atom. The molecule has 0 aromatic heterocycles. The molecule has 25 heavy (non-hydrogen) atoms. The SMILES string of the molecule is CN1C(C2CCCC2)=NOC1N[C@H]1CC[C@H](CCNS(C)(=O)=O)CC1. The van der Waals surface area contributed by atoms with Crippen LogP contribution in [0.4, 0.5) is 0 Å². The minimum atomic E-state index is -3.07. The number of nitrogens with zero attached hydrogens (tertiary/aromatic N) is 2. The zero-order chi connectivity index (χ0) is 17.9. The lowest BCUT2D eigenvalue weighted by molar-refractivity contribution is -0.0185. The van der Waals surface area contributed by atoms with Crippen LogP contribution in [0.5, 0.6) is 0 Å². The van der Waals surface area contributed by atoms with Gasteiger partial charge < -0.3 is 9.74 Å². The minimum Gasteiger partial charge on any atom is -0.352 e. The van der Waals surface area contributed by atoms with Gasteiger partial charge in [0.1, 0.15) is 0 Å². The fraction of sp³-hybridized carbons (Fsp3) is 0.941. The summed E-state index contributed by atoms with van der Waals surface area (Å²) in [5.74, 6) is 2.28. The third-order valence-corrected chi connectivity index (χ3v) is 6.55. The molecule has 0 radical (unpaired) electrons. The second kappa shape index (κ2) is 8.22. The quantitative estimate of drug-likeness (QED) is 0.712. The van der Waals surface area contributed by atoms with Gasteiger partial charge in [-0.3, -0.25) is 5.32 Å². The highest BCUT2D eigenvalue weighted by Crippen LogP contribution is 2.31. The summed E-state index contributed by atoms with van der Waals surface area (Å²) < 4.78 is 24.8. The monoisotopic (exact) mass is 372 g/mol. The van der Waals surface area contributed by atoms with Crippen molar-refractivity contribution in [2.45, 2.75) is 70.2 Å². The molecular formula is C17H32N4O3S. The van der Waals surface area contributed by atoms with E-state index in [1.54, 1.807) is 0 Å². The second-order valence-electron chi connectivity index (χ2n) is 7.84. The third kappa shape index (κ3) is 5.31. The lowest BCUT2D eigenvalue weighted by Crippen LogP contribution is -2.49. The van der Waals surface area contributed by atoms with Gasteiger partial charge in [-0.1, -0.05) is 18.0 Å². The molecule has 0 saturated heterocycles. The Labute approximate surface area is 151 Å². The average molecular weight is 373 g/mol. The smallest absolute Gasteiger partial charge is 0.256 e. The van der Waals surface area contributed by atoms with E-state index in [1.165, 1.54) is 31.9 Å². The fourth-order valence-electron chi connectivity index (χ4n) is 4.32. The maximum atomic E-state index is 11.1. The minimum absolute atomic E-state index is 0.135. The lowest BCUT2D eigenvalue weighted by atomic mass is 9.84. The Morgan fingerprint density at radius 1 is 1.16 bits per heavy atom. The van der Waals surface area contributed by atoms with Gasteiger partial charge in [0.15, 0.2) is 5.84 Å². The van der Waals surface area contributed by atoms with Gasteiger partial charge in [0, 0.05) is 25.6 Å². The first kappa shape index (κ1) is 18.9. The van der Waals surface area contributed by atoms with Crippen molar-refractivity contribution in [2.75, 3.05) is 19.8 Å². The summed E-state index contributed by atoms with van der Waals surface area (Å²) in [5.41, 5.74) is 0. The molecule has 1 unspecified atom stereocenters. The highest BCUT2D eigenvalue weighted by atomic mass is 32.2. The zero-order valence-electron chi connectivity index (χ0n) is 15.4. The van der Waals surface area contributed by atoms with Gasteiger partial charge in [-0.25, -0.2) is 13.1 Å². The van der Waals surface area contributed by atoms with Crippen molar-refractivity contribution in [3.05, 3.63) is 0 Å². The predicted octanol–water partition coefficient (Wildman–Crippen LogP) is 1.82. The first-order valence-electron chi connectivity index (χ1n) is 9.59. The molecule has 8 heteroatoms. The van der Waals surface area contributed by atoms with E-state index in [1.807, 2.05) is 0 Å². The average Bonchev–Trinajstić information content (AvgIpc) is 3.19. The van der Waals surface area contributed by atoms with Gasteiger partial charge in [0.25, 0.3) is 6.35 Å². The van der Waals surface area contributed by atoms with E-state index < -0.39 is 10.0 Å². The molecule has 0 amide bonds. The number of rotatable bonds is 7. The number of hydrogen-bond donors (Lipinski definition) is 2. The highest BCUT2D eigenvalue weighted by Gasteiger charge is 2.35. The van der Waals surface area contributed by atoms with Crippen molar-refractivity contribution >= 4 is 15.9 Å². The summed E-state index contributed by atoms with van der Waals surface area (Å²) in [4.78, 5) is 7.81. The van der Waals surface area contributed by atoms with Gasteiger partial charge in [0.2, 0.25) is 10.0 Å². The van der Waals surface area contributed by atoms with Crippen molar-refractivity contribution < 1.29 is 13.3 Å². The van der Waals surface area contributed by atoms with E-state index in [4.69, 9.17) is 4.84 Å². The van der Waals surface area contributed by atoms with Crippen molar-refractivity contribution in [1.29, 1.82) is 0 Å². The maximum Gasteiger partial charge on any atom is 0.256 e. The van der Waals surface area contributed by atoms with Crippen molar-refractivity contribution in [3.8, 4) is 0 Å². The first-order chi connectivity index (χ1) is 11.9. The summed E-state index contributed by atoms with van der Waals surface area (Å²) in [6.07, 6.45) is 11.5. The van der Waals surface area contributed by atoms with Crippen LogP contribution in [0.2, 0.25) is 0 Å². The van der Waals surface area contributed by atoms with Gasteiger partial charge in [0.05, 0.1) is 6.26 Å². The highest BCUT2D eigenvalue weighted by molar-refractivity contribution is 7.88. The number of amidine groups is 1. The summed E-state index contributed by atoms with van der Waals surface area (Å²) >= 11 is 0. The molecule has 0 bridgehead atoms. The normalized spacial score (nSPS) is 31.2. The van der Waals surface area contributed by atoms with Crippen molar-refractivity contribution in [3.63, 3.8) is 0 Å². The van der Waals surface area contributed by atoms with E-state index in [0.717, 1.165) is 37.9 Å². The van der Waals surface area contributed by atoms with E-state index >= 15 is 0 Å². The van der Waals surface area contributed by atoms with Gasteiger partial charge in [-0.05, 0) is 50.9 Å². The van der Waals surface area contributed by atoms with Crippen LogP contribution in [-0.2, 0) is 14.9 Å². The molecule has 1 aliphatic heterocycles. The Kier molecular flexibility index (Phi) is 6.22. The second-order valence-corrected chi connectivity index (χ2v) is 9.67. The number of nitrogens with one attached hydrogen (secondary N) is 2. The Hall–Kier alpha value is -0.860. The van der Waals surface area contributed by atoms with E-state index in [9.17, 15) is 8.42 Å². The molecule has 2 N–H and O–H groups in total. The molecule has 0 aromatic carbocycles. The van der Waals surface area contributed by atoms with Crippen LogP contribution in [0, 0.1) is 11.8 Å². The Balaban J connectivity index is 1.37. The van der Waals surface area contributed by atoms with E-state index in [-0.39, 0.29) is 6.35 Å². The summed E-state index contributed by atoms with van der Waals surface area (Å²) in [5, 5.41) is 7.94. The molecule has 2 saturated carbocycles. The molecule has 1 atom stereocenters. The summed E-state index contributed by atoms with van der Waals surface area (Å²) in [7, 11) is -0.993. The molecule has 144 valence electrons. The van der Waals surface area contributed by atoms with Crippen LogP contribution in [0.25, 0.3) is 0 Å². The van der Waals surface area contributed by atoms with Crippen LogP contribution in [0.1, 0.15) is 57.8 Å². The fourth-order valence-corrected chi connectivity index (χ4v) is 4.80. The van der Waals surface area contributed by atoms with Crippen molar-refractivity contribution in [1.82, 2.24) is 14.9 Å². The standard InChI is InChI=1S/C17H32N4O3S/c1-21-16(14-5-3-4-6-14)20-24-17(21)19-15-9-7-13(8-10-15)11-12-18-25(2,22)23/h13-15,17-19H,3-12H2,1-2H3/t13-,15-,17?. The van der Waals surface area contributed by atoms with Crippen LogP contribution in [-0.4, -0.2) is 51.4 Å². The predicted molar refractivity (Wildman–Crippen MR) is 98.4 cm³/mol. The van der Waals surface area contributed by atoms with E-state index in [0.29, 0.717) is 24.4 Å². The molecule has 0 spiro atoms. The zero-order valence-corrected chi connectivity index (χ0v) is 16.2. The maximum absolute atomic E-state index is 11.1. The van der Waals surface area contributed by atoms with Gasteiger partial charge in [-0.15, -0.1) is 0 Å². The number of oxime groups is 1. The van der Waals surface area contributed by atoms with Crippen LogP contribution in [0.3, 0.4) is 0 Å². The van der Waals surface area contributed by atoms with Gasteiger partial charge in [-0.2, -0.15) is 0 Å². The third-order valence-electron chi connectivity index (χ3n) is 5.82. The first-order valence-corrected chi connectivity index (χ1v) is 11.5.